The lowest BCUT2D eigenvalue weighted by Gasteiger charge is -2.35. The third-order valence-corrected chi connectivity index (χ3v) is 5.20. The van der Waals surface area contributed by atoms with Gasteiger partial charge in [-0.1, -0.05) is 12.1 Å². The number of hydrogen-bond donors (Lipinski definition) is 1. The summed E-state index contributed by atoms with van der Waals surface area (Å²) in [6, 6.07) is 8.14. The van der Waals surface area contributed by atoms with Crippen LogP contribution in [0.2, 0.25) is 0 Å². The first-order valence-corrected chi connectivity index (χ1v) is 9.73. The molecule has 3 aromatic rings. The molecule has 0 bridgehead atoms. The Balaban J connectivity index is 1.36. The standard InChI is InChI=1S/C20H26N8O/c1-15-24-17-6-4-5-7-18(17)27(15)9-8-22-20(21-2)26-10-11-28(19(29)14-26)16-12-23-25(3)13-16/h4-7,12-13H,8-11,14H2,1-3H3,(H,21,22). The second-order valence-corrected chi connectivity index (χ2v) is 7.11. The lowest BCUT2D eigenvalue weighted by atomic mass is 10.3. The SMILES string of the molecule is CN=C(NCCn1c(C)nc2ccccc21)N1CCN(c2cnn(C)c2)C(=O)C1. The molecule has 0 unspecified atom stereocenters. The van der Waals surface area contributed by atoms with Gasteiger partial charge in [0.1, 0.15) is 12.4 Å². The van der Waals surface area contributed by atoms with Crippen molar-refractivity contribution in [3.05, 3.63) is 42.5 Å². The number of nitrogens with one attached hydrogen (secondary N) is 1. The first-order valence-electron chi connectivity index (χ1n) is 9.73. The van der Waals surface area contributed by atoms with Crippen LogP contribution in [0.1, 0.15) is 5.82 Å². The van der Waals surface area contributed by atoms with E-state index in [9.17, 15) is 4.79 Å². The molecule has 9 heteroatoms. The van der Waals surface area contributed by atoms with Crippen molar-refractivity contribution in [3.63, 3.8) is 0 Å². The number of para-hydroxylation sites is 2. The minimum absolute atomic E-state index is 0.0450. The second kappa shape index (κ2) is 7.94. The molecular weight excluding hydrogens is 368 g/mol. The summed E-state index contributed by atoms with van der Waals surface area (Å²) < 4.78 is 3.90. The lowest BCUT2D eigenvalue weighted by Crippen LogP contribution is -2.55. The van der Waals surface area contributed by atoms with Crippen LogP contribution in [0.15, 0.2) is 41.7 Å². The van der Waals surface area contributed by atoms with E-state index in [1.54, 1.807) is 22.8 Å². The fraction of sp³-hybridized carbons (Fsp3) is 0.400. The van der Waals surface area contributed by atoms with Crippen LogP contribution in [0.25, 0.3) is 11.0 Å². The molecule has 0 spiro atoms. The van der Waals surface area contributed by atoms with Gasteiger partial charge in [0.15, 0.2) is 5.96 Å². The molecule has 1 amide bonds. The highest BCUT2D eigenvalue weighted by atomic mass is 16.2. The summed E-state index contributed by atoms with van der Waals surface area (Å²) >= 11 is 0. The molecule has 0 aliphatic carbocycles. The van der Waals surface area contributed by atoms with Gasteiger partial charge in [0.05, 0.1) is 22.9 Å². The van der Waals surface area contributed by atoms with Gasteiger partial charge in [-0.3, -0.25) is 14.5 Å². The maximum atomic E-state index is 12.6. The first-order chi connectivity index (χ1) is 14.1. The molecule has 4 rings (SSSR count). The predicted octanol–water partition coefficient (Wildman–Crippen LogP) is 1.00. The molecule has 3 heterocycles. The van der Waals surface area contributed by atoms with Crippen molar-refractivity contribution in [1.29, 1.82) is 0 Å². The summed E-state index contributed by atoms with van der Waals surface area (Å²) in [5, 5.41) is 7.54. The second-order valence-electron chi connectivity index (χ2n) is 7.11. The number of guanidine groups is 1. The highest BCUT2D eigenvalue weighted by molar-refractivity contribution is 5.98. The van der Waals surface area contributed by atoms with Crippen molar-refractivity contribution in [3.8, 4) is 0 Å². The fourth-order valence-electron chi connectivity index (χ4n) is 3.76. The Hall–Kier alpha value is -3.36. The topological polar surface area (TPSA) is 83.6 Å². The van der Waals surface area contributed by atoms with Crippen molar-refractivity contribution in [2.75, 3.05) is 38.1 Å². The number of hydrogen-bond acceptors (Lipinski definition) is 4. The summed E-state index contributed by atoms with van der Waals surface area (Å²) in [5.41, 5.74) is 2.97. The maximum absolute atomic E-state index is 12.6. The molecule has 9 nitrogen and oxygen atoms in total. The number of anilines is 1. The van der Waals surface area contributed by atoms with Crippen LogP contribution < -0.4 is 10.2 Å². The smallest absolute Gasteiger partial charge is 0.246 e. The van der Waals surface area contributed by atoms with Crippen LogP contribution in [0.3, 0.4) is 0 Å². The van der Waals surface area contributed by atoms with E-state index in [2.05, 4.69) is 31.0 Å². The highest BCUT2D eigenvalue weighted by Gasteiger charge is 2.27. The van der Waals surface area contributed by atoms with Crippen molar-refractivity contribution < 1.29 is 4.79 Å². The number of benzene rings is 1. The molecule has 1 saturated heterocycles. The number of rotatable bonds is 4. The summed E-state index contributed by atoms with van der Waals surface area (Å²) in [4.78, 5) is 25.4. The molecule has 1 N–H and O–H groups in total. The summed E-state index contributed by atoms with van der Waals surface area (Å²) in [7, 11) is 3.60. The third kappa shape index (κ3) is 3.80. The van der Waals surface area contributed by atoms with Crippen molar-refractivity contribution in [1.82, 2.24) is 29.5 Å². The van der Waals surface area contributed by atoms with E-state index in [0.717, 1.165) is 35.0 Å². The van der Waals surface area contributed by atoms with Gasteiger partial charge in [-0.25, -0.2) is 4.98 Å². The van der Waals surface area contributed by atoms with Gasteiger partial charge in [-0.2, -0.15) is 5.10 Å². The number of nitrogens with zero attached hydrogens (tertiary/aromatic N) is 7. The summed E-state index contributed by atoms with van der Waals surface area (Å²) in [5.74, 6) is 1.78. The van der Waals surface area contributed by atoms with Gasteiger partial charge >= 0.3 is 0 Å². The molecule has 152 valence electrons. The molecule has 1 aromatic carbocycles. The van der Waals surface area contributed by atoms with Crippen LogP contribution in [-0.2, 0) is 18.4 Å². The third-order valence-electron chi connectivity index (χ3n) is 5.20. The van der Waals surface area contributed by atoms with Gasteiger partial charge in [-0.05, 0) is 19.1 Å². The molecule has 1 aliphatic heterocycles. The van der Waals surface area contributed by atoms with E-state index in [4.69, 9.17) is 0 Å². The Kier molecular flexibility index (Phi) is 5.20. The van der Waals surface area contributed by atoms with Gasteiger partial charge in [0.25, 0.3) is 0 Å². The molecule has 29 heavy (non-hydrogen) atoms. The number of carbonyl (C=O) groups is 1. The Morgan fingerprint density at radius 2 is 2.10 bits per heavy atom. The van der Waals surface area contributed by atoms with Gasteiger partial charge in [-0.15, -0.1) is 0 Å². The zero-order chi connectivity index (χ0) is 20.4. The minimum atomic E-state index is 0.0450. The molecule has 0 radical (unpaired) electrons. The summed E-state index contributed by atoms with van der Waals surface area (Å²) in [6.07, 6.45) is 3.58. The molecule has 0 saturated carbocycles. The Labute approximate surface area is 169 Å². The number of imidazole rings is 1. The van der Waals surface area contributed by atoms with Crippen molar-refractivity contribution in [2.24, 2.45) is 12.0 Å². The highest BCUT2D eigenvalue weighted by Crippen LogP contribution is 2.17. The van der Waals surface area contributed by atoms with E-state index in [0.29, 0.717) is 26.2 Å². The summed E-state index contributed by atoms with van der Waals surface area (Å²) in [6.45, 7) is 5.11. The molecule has 1 fully saturated rings. The largest absolute Gasteiger partial charge is 0.354 e. The van der Waals surface area contributed by atoms with E-state index < -0.39 is 0 Å². The van der Waals surface area contributed by atoms with E-state index in [1.807, 2.05) is 43.3 Å². The number of aliphatic imine (C=N–C) groups is 1. The normalized spacial score (nSPS) is 15.4. The van der Waals surface area contributed by atoms with Crippen LogP contribution >= 0.6 is 0 Å². The van der Waals surface area contributed by atoms with Crippen LogP contribution in [0.4, 0.5) is 5.69 Å². The zero-order valence-electron chi connectivity index (χ0n) is 17.0. The Morgan fingerprint density at radius 3 is 2.83 bits per heavy atom. The monoisotopic (exact) mass is 394 g/mol. The average molecular weight is 394 g/mol. The number of piperazine rings is 1. The van der Waals surface area contributed by atoms with Gasteiger partial charge in [0.2, 0.25) is 5.91 Å². The van der Waals surface area contributed by atoms with Crippen LogP contribution in [-0.4, -0.2) is 69.3 Å². The van der Waals surface area contributed by atoms with Crippen molar-refractivity contribution >= 4 is 28.6 Å². The number of aromatic nitrogens is 4. The molecule has 1 aliphatic rings. The van der Waals surface area contributed by atoms with E-state index in [-0.39, 0.29) is 5.91 Å². The molecular formula is C20H26N8O. The number of amides is 1. The minimum Gasteiger partial charge on any atom is -0.354 e. The van der Waals surface area contributed by atoms with Crippen LogP contribution in [0.5, 0.6) is 0 Å². The van der Waals surface area contributed by atoms with E-state index in [1.165, 1.54) is 0 Å². The maximum Gasteiger partial charge on any atom is 0.246 e. The number of fused-ring (bicyclic) bond motifs is 1. The zero-order valence-corrected chi connectivity index (χ0v) is 17.0. The fourth-order valence-corrected chi connectivity index (χ4v) is 3.76. The average Bonchev–Trinajstić information content (AvgIpc) is 3.28. The number of carbonyl (C=O) groups excluding carboxylic acids is 1. The number of aryl methyl sites for hydroxylation is 2. The van der Waals surface area contributed by atoms with Crippen molar-refractivity contribution in [2.45, 2.75) is 13.5 Å². The van der Waals surface area contributed by atoms with Crippen LogP contribution in [0, 0.1) is 6.92 Å². The Morgan fingerprint density at radius 1 is 1.28 bits per heavy atom. The van der Waals surface area contributed by atoms with Gasteiger partial charge in [0, 0.05) is 46.5 Å². The predicted molar refractivity (Wildman–Crippen MR) is 113 cm³/mol. The van der Waals surface area contributed by atoms with E-state index >= 15 is 0 Å². The first kappa shape index (κ1) is 19.0. The lowest BCUT2D eigenvalue weighted by molar-refractivity contribution is -0.120. The molecule has 2 aromatic heterocycles. The Bertz CT molecular complexity index is 1050. The van der Waals surface area contributed by atoms with Gasteiger partial charge < -0.3 is 19.7 Å². The molecule has 0 atom stereocenters. The quantitative estimate of drug-likeness (QED) is 0.527.